The van der Waals surface area contributed by atoms with Crippen LogP contribution >= 0.6 is 15.9 Å². The molecule has 2 bridgehead atoms. The van der Waals surface area contributed by atoms with Crippen molar-refractivity contribution in [3.05, 3.63) is 11.8 Å². The lowest BCUT2D eigenvalue weighted by Crippen LogP contribution is -2.68. The molecule has 3 aliphatic carbocycles. The minimum Gasteiger partial charge on any atom is -0.360 e. The maximum Gasteiger partial charge on any atom is 0.233 e. The predicted molar refractivity (Wildman–Crippen MR) is 76.1 cm³/mol. The summed E-state index contributed by atoms with van der Waals surface area (Å²) in [7, 11) is 0. The molecule has 4 rings (SSSR count). The van der Waals surface area contributed by atoms with E-state index in [2.05, 4.69) is 47.2 Å². The quantitative estimate of drug-likeness (QED) is 0.846. The van der Waals surface area contributed by atoms with Crippen molar-refractivity contribution < 1.29 is 9.32 Å². The van der Waals surface area contributed by atoms with Crippen LogP contribution in [0.3, 0.4) is 0 Å². The third kappa shape index (κ3) is 1.30. The molecule has 19 heavy (non-hydrogen) atoms. The van der Waals surface area contributed by atoms with Crippen molar-refractivity contribution in [1.29, 1.82) is 0 Å². The minimum absolute atomic E-state index is 0.00295. The standard InChI is InChI=1S/C14H19BrN2O2/c1-8-7-9(17-19-8)16-11(18)14-6-5-13(4,10(14)15)12(14,2)3/h7,10H,5-6H2,1-4H3,(H,16,17,18). The maximum atomic E-state index is 12.7. The molecule has 1 N–H and O–H groups in total. The van der Waals surface area contributed by atoms with Crippen molar-refractivity contribution in [1.82, 2.24) is 5.16 Å². The molecule has 0 saturated heterocycles. The van der Waals surface area contributed by atoms with Crippen molar-refractivity contribution >= 4 is 27.7 Å². The first-order valence-corrected chi connectivity index (χ1v) is 7.56. The molecule has 1 amide bonds. The average molecular weight is 327 g/mol. The lowest BCUT2D eigenvalue weighted by Gasteiger charge is -2.64. The Hall–Kier alpha value is -0.840. The summed E-state index contributed by atoms with van der Waals surface area (Å²) in [6, 6.07) is 1.75. The number of hydrogen-bond donors (Lipinski definition) is 1. The Morgan fingerprint density at radius 1 is 1.47 bits per heavy atom. The number of aryl methyl sites for hydroxylation is 1. The van der Waals surface area contributed by atoms with E-state index >= 15 is 0 Å². The van der Waals surface area contributed by atoms with Crippen LogP contribution in [0.15, 0.2) is 10.6 Å². The van der Waals surface area contributed by atoms with E-state index in [0.29, 0.717) is 11.6 Å². The third-order valence-corrected chi connectivity index (χ3v) is 7.64. The van der Waals surface area contributed by atoms with Gasteiger partial charge >= 0.3 is 0 Å². The van der Waals surface area contributed by atoms with Gasteiger partial charge < -0.3 is 9.84 Å². The number of amides is 1. The van der Waals surface area contributed by atoms with Crippen molar-refractivity contribution in [2.45, 2.75) is 45.4 Å². The fourth-order valence-electron chi connectivity index (χ4n) is 4.11. The molecule has 0 radical (unpaired) electrons. The number of nitrogens with one attached hydrogen (secondary N) is 1. The van der Waals surface area contributed by atoms with Gasteiger partial charge in [0.15, 0.2) is 5.82 Å². The van der Waals surface area contributed by atoms with Crippen LogP contribution in [0.5, 0.6) is 0 Å². The zero-order chi connectivity index (χ0) is 14.1. The molecule has 3 unspecified atom stereocenters. The second-order valence-electron chi connectivity index (χ2n) is 6.65. The second kappa shape index (κ2) is 3.62. The van der Waals surface area contributed by atoms with Crippen LogP contribution in [0.4, 0.5) is 5.82 Å². The molecule has 1 aromatic rings. The van der Waals surface area contributed by atoms with Gasteiger partial charge in [-0.2, -0.15) is 0 Å². The number of hydrogen-bond acceptors (Lipinski definition) is 3. The van der Waals surface area contributed by atoms with E-state index < -0.39 is 0 Å². The molecule has 1 heterocycles. The van der Waals surface area contributed by atoms with Gasteiger partial charge in [0, 0.05) is 10.9 Å². The maximum absolute atomic E-state index is 12.7. The summed E-state index contributed by atoms with van der Waals surface area (Å²) < 4.78 is 5.00. The Labute approximate surface area is 121 Å². The molecular weight excluding hydrogens is 308 g/mol. The summed E-state index contributed by atoms with van der Waals surface area (Å²) in [5.41, 5.74) is -0.143. The summed E-state index contributed by atoms with van der Waals surface area (Å²) >= 11 is 3.76. The molecule has 3 fully saturated rings. The highest BCUT2D eigenvalue weighted by Crippen LogP contribution is 2.79. The summed E-state index contributed by atoms with van der Waals surface area (Å²) in [5.74, 6) is 1.27. The van der Waals surface area contributed by atoms with E-state index in [1.165, 1.54) is 0 Å². The first-order chi connectivity index (χ1) is 8.75. The monoisotopic (exact) mass is 326 g/mol. The molecule has 5 heteroatoms. The number of carbonyl (C=O) groups is 1. The zero-order valence-corrected chi connectivity index (χ0v) is 13.3. The molecule has 4 nitrogen and oxygen atoms in total. The minimum atomic E-state index is -0.339. The Morgan fingerprint density at radius 3 is 2.58 bits per heavy atom. The normalized spacial score (nSPS) is 38.9. The van der Waals surface area contributed by atoms with Crippen LogP contribution in [-0.4, -0.2) is 15.9 Å². The number of nitrogens with zero attached hydrogens (tertiary/aromatic N) is 1. The highest BCUT2D eigenvalue weighted by Gasteiger charge is 2.80. The van der Waals surface area contributed by atoms with E-state index in [0.717, 1.165) is 12.8 Å². The van der Waals surface area contributed by atoms with Crippen molar-refractivity contribution in [3.63, 3.8) is 0 Å². The number of aromatic nitrogens is 1. The summed E-state index contributed by atoms with van der Waals surface area (Å²) in [6.07, 6.45) is 2.01. The predicted octanol–water partition coefficient (Wildman–Crippen LogP) is 3.51. The van der Waals surface area contributed by atoms with E-state index in [-0.39, 0.29) is 27.0 Å². The first-order valence-electron chi connectivity index (χ1n) is 6.64. The van der Waals surface area contributed by atoms with Crippen LogP contribution in [0.2, 0.25) is 0 Å². The Bertz CT molecular complexity index is 553. The van der Waals surface area contributed by atoms with Crippen molar-refractivity contribution in [2.24, 2.45) is 16.2 Å². The van der Waals surface area contributed by atoms with E-state index in [9.17, 15) is 4.79 Å². The third-order valence-electron chi connectivity index (χ3n) is 5.85. The number of anilines is 1. The molecule has 3 aliphatic rings. The number of rotatable bonds is 2. The Morgan fingerprint density at radius 2 is 2.16 bits per heavy atom. The van der Waals surface area contributed by atoms with Gasteiger partial charge in [-0.3, -0.25) is 4.79 Å². The van der Waals surface area contributed by atoms with E-state index in [1.54, 1.807) is 6.07 Å². The fourth-order valence-corrected chi connectivity index (χ4v) is 5.92. The lowest BCUT2D eigenvalue weighted by atomic mass is 9.43. The largest absolute Gasteiger partial charge is 0.360 e. The van der Waals surface area contributed by atoms with Gasteiger partial charge in [0.2, 0.25) is 5.91 Å². The average Bonchev–Trinajstić information content (AvgIpc) is 2.91. The van der Waals surface area contributed by atoms with Gasteiger partial charge in [0.25, 0.3) is 0 Å². The Kier molecular flexibility index (Phi) is 2.51. The molecular formula is C14H19BrN2O2. The van der Waals surface area contributed by atoms with Crippen molar-refractivity contribution in [2.75, 3.05) is 5.32 Å². The highest BCUT2D eigenvalue weighted by atomic mass is 79.9. The second-order valence-corrected chi connectivity index (χ2v) is 7.57. The van der Waals surface area contributed by atoms with Gasteiger partial charge in [-0.05, 0) is 30.6 Å². The molecule has 1 aromatic heterocycles. The number of alkyl halides is 1. The smallest absolute Gasteiger partial charge is 0.233 e. The molecule has 0 aliphatic heterocycles. The van der Waals surface area contributed by atoms with Gasteiger partial charge in [0.05, 0.1) is 5.41 Å². The van der Waals surface area contributed by atoms with Gasteiger partial charge in [-0.15, -0.1) is 0 Å². The van der Waals surface area contributed by atoms with Crippen LogP contribution < -0.4 is 5.32 Å². The number of carbonyl (C=O) groups excluding carboxylic acids is 1. The summed E-state index contributed by atoms with van der Waals surface area (Å²) in [6.45, 7) is 8.48. The number of halogens is 1. The molecule has 104 valence electrons. The number of fused-ring (bicyclic) bond motifs is 1. The molecule has 0 spiro atoms. The Balaban J connectivity index is 1.88. The van der Waals surface area contributed by atoms with E-state index in [4.69, 9.17) is 4.52 Å². The van der Waals surface area contributed by atoms with E-state index in [1.807, 2.05) is 6.92 Å². The SMILES string of the molecule is Cc1cc(NC(=O)C23CCC(C)(C2Br)C3(C)C)no1. The highest BCUT2D eigenvalue weighted by molar-refractivity contribution is 9.09. The fraction of sp³-hybridized carbons (Fsp3) is 0.714. The first kappa shape index (κ1) is 13.2. The topological polar surface area (TPSA) is 55.1 Å². The van der Waals surface area contributed by atoms with Crippen LogP contribution in [-0.2, 0) is 4.79 Å². The molecule has 3 saturated carbocycles. The van der Waals surface area contributed by atoms with Crippen LogP contribution in [0, 0.1) is 23.2 Å². The summed E-state index contributed by atoms with van der Waals surface area (Å²) in [5, 5.41) is 6.76. The zero-order valence-electron chi connectivity index (χ0n) is 11.7. The van der Waals surface area contributed by atoms with Gasteiger partial charge in [-0.25, -0.2) is 0 Å². The van der Waals surface area contributed by atoms with Gasteiger partial charge in [0.1, 0.15) is 5.76 Å². The van der Waals surface area contributed by atoms with Crippen LogP contribution in [0.1, 0.15) is 39.4 Å². The molecule has 0 aromatic carbocycles. The van der Waals surface area contributed by atoms with Crippen LogP contribution in [0.25, 0.3) is 0 Å². The molecule has 3 atom stereocenters. The lowest BCUT2D eigenvalue weighted by molar-refractivity contribution is -0.156. The van der Waals surface area contributed by atoms with Crippen molar-refractivity contribution in [3.8, 4) is 0 Å². The summed E-state index contributed by atoms with van der Waals surface area (Å²) in [4.78, 5) is 13.0. The van der Waals surface area contributed by atoms with Gasteiger partial charge in [-0.1, -0.05) is 41.9 Å².